The molecule has 4 heteroatoms. The van der Waals surface area contributed by atoms with Gasteiger partial charge in [-0.05, 0) is 57.4 Å². The number of nitriles is 1. The largest absolute Gasteiger partial charge is 0.462 e. The van der Waals surface area contributed by atoms with E-state index in [4.69, 9.17) is 15.0 Å². The zero-order valence-corrected chi connectivity index (χ0v) is 13.6. The molecule has 1 aromatic rings. The van der Waals surface area contributed by atoms with E-state index in [1.165, 1.54) is 25.7 Å². The molecule has 0 spiro atoms. The van der Waals surface area contributed by atoms with Crippen LogP contribution < -0.4 is 0 Å². The number of hydrogen-bond donors (Lipinski definition) is 0. The second-order valence-corrected chi connectivity index (χ2v) is 6.92. The van der Waals surface area contributed by atoms with Crippen molar-refractivity contribution in [3.8, 4) is 6.07 Å². The number of nitrogens with zero attached hydrogens (tertiary/aromatic N) is 3. The minimum atomic E-state index is -0.00562. The SMILES string of the molecule is Cc1cc(C#N)ccc1N=C1OCC(C)(C)N1C1CCCC1. The zero-order valence-electron chi connectivity index (χ0n) is 13.6. The molecular weight excluding hydrogens is 274 g/mol. The highest BCUT2D eigenvalue weighted by atomic mass is 16.5. The van der Waals surface area contributed by atoms with Crippen molar-refractivity contribution in [2.45, 2.75) is 58.0 Å². The number of ether oxygens (including phenoxy) is 1. The third-order valence-electron chi connectivity index (χ3n) is 4.64. The van der Waals surface area contributed by atoms with Gasteiger partial charge in [0, 0.05) is 6.04 Å². The van der Waals surface area contributed by atoms with Crippen LogP contribution >= 0.6 is 0 Å². The van der Waals surface area contributed by atoms with Gasteiger partial charge in [0.05, 0.1) is 22.9 Å². The molecule has 3 rings (SSSR count). The van der Waals surface area contributed by atoms with E-state index in [-0.39, 0.29) is 5.54 Å². The summed E-state index contributed by atoms with van der Waals surface area (Å²) in [6, 6.07) is 9.03. The predicted octanol–water partition coefficient (Wildman–Crippen LogP) is 3.91. The zero-order chi connectivity index (χ0) is 15.7. The lowest BCUT2D eigenvalue weighted by Crippen LogP contribution is -2.47. The van der Waals surface area contributed by atoms with Gasteiger partial charge in [-0.3, -0.25) is 0 Å². The Kier molecular flexibility index (Phi) is 3.82. The van der Waals surface area contributed by atoms with Gasteiger partial charge in [0.2, 0.25) is 0 Å². The Morgan fingerprint density at radius 2 is 2.05 bits per heavy atom. The molecule has 116 valence electrons. The molecule has 0 atom stereocenters. The van der Waals surface area contributed by atoms with Crippen molar-refractivity contribution < 1.29 is 4.74 Å². The number of aryl methyl sites for hydroxylation is 1. The highest BCUT2D eigenvalue weighted by molar-refractivity contribution is 5.80. The molecule has 2 aliphatic rings. The third kappa shape index (κ3) is 2.68. The van der Waals surface area contributed by atoms with E-state index in [9.17, 15) is 0 Å². The molecule has 1 aliphatic carbocycles. The van der Waals surface area contributed by atoms with Crippen molar-refractivity contribution in [2.75, 3.05) is 6.61 Å². The van der Waals surface area contributed by atoms with Crippen LogP contribution in [0.3, 0.4) is 0 Å². The molecule has 1 saturated heterocycles. The number of rotatable bonds is 2. The molecule has 1 aliphatic heterocycles. The van der Waals surface area contributed by atoms with Crippen LogP contribution in [0.15, 0.2) is 23.2 Å². The van der Waals surface area contributed by atoms with Crippen LogP contribution in [0, 0.1) is 18.3 Å². The molecule has 0 aromatic heterocycles. The molecule has 1 saturated carbocycles. The summed E-state index contributed by atoms with van der Waals surface area (Å²) in [6.07, 6.45) is 5.02. The van der Waals surface area contributed by atoms with Gasteiger partial charge >= 0.3 is 0 Å². The number of hydrogen-bond acceptors (Lipinski definition) is 3. The van der Waals surface area contributed by atoms with Gasteiger partial charge in [0.1, 0.15) is 6.61 Å². The van der Waals surface area contributed by atoms with Crippen molar-refractivity contribution in [1.29, 1.82) is 5.26 Å². The highest BCUT2D eigenvalue weighted by Gasteiger charge is 2.43. The summed E-state index contributed by atoms with van der Waals surface area (Å²) in [5.74, 6) is 0. The molecule has 4 nitrogen and oxygen atoms in total. The van der Waals surface area contributed by atoms with Gasteiger partial charge in [0.15, 0.2) is 0 Å². The Morgan fingerprint density at radius 1 is 1.32 bits per heavy atom. The number of amidine groups is 1. The maximum atomic E-state index is 8.97. The standard InChI is InChI=1S/C18H23N3O/c1-13-10-14(11-19)8-9-16(13)20-17-21(15-6-4-5-7-15)18(2,3)12-22-17/h8-10,15H,4-7,12H2,1-3H3. The first-order valence-electron chi connectivity index (χ1n) is 8.03. The summed E-state index contributed by atoms with van der Waals surface area (Å²) < 4.78 is 5.92. The van der Waals surface area contributed by atoms with Crippen LogP contribution in [0.1, 0.15) is 50.7 Å². The Labute approximate surface area is 132 Å². The average molecular weight is 297 g/mol. The molecule has 2 fully saturated rings. The van der Waals surface area contributed by atoms with Crippen molar-refractivity contribution in [3.05, 3.63) is 29.3 Å². The number of benzene rings is 1. The van der Waals surface area contributed by atoms with Gasteiger partial charge in [-0.25, -0.2) is 0 Å². The summed E-state index contributed by atoms with van der Waals surface area (Å²) in [4.78, 5) is 7.14. The van der Waals surface area contributed by atoms with E-state index in [0.717, 1.165) is 17.3 Å². The van der Waals surface area contributed by atoms with Crippen molar-refractivity contribution in [1.82, 2.24) is 4.90 Å². The lowest BCUT2D eigenvalue weighted by molar-refractivity contribution is 0.180. The Hall–Kier alpha value is -2.02. The first-order valence-corrected chi connectivity index (χ1v) is 8.03. The predicted molar refractivity (Wildman–Crippen MR) is 87.1 cm³/mol. The molecule has 22 heavy (non-hydrogen) atoms. The molecule has 0 unspecified atom stereocenters. The summed E-state index contributed by atoms with van der Waals surface area (Å²) in [5.41, 5.74) is 2.55. The minimum Gasteiger partial charge on any atom is -0.462 e. The van der Waals surface area contributed by atoms with E-state index >= 15 is 0 Å². The van der Waals surface area contributed by atoms with Gasteiger partial charge in [-0.15, -0.1) is 0 Å². The molecule has 1 heterocycles. The monoisotopic (exact) mass is 297 g/mol. The summed E-state index contributed by atoms with van der Waals surface area (Å²) >= 11 is 0. The second kappa shape index (κ2) is 5.64. The van der Waals surface area contributed by atoms with Gasteiger partial charge < -0.3 is 9.64 Å². The fourth-order valence-electron chi connectivity index (χ4n) is 3.49. The van der Waals surface area contributed by atoms with Crippen molar-refractivity contribution in [3.63, 3.8) is 0 Å². The first kappa shape index (κ1) is 14.9. The maximum absolute atomic E-state index is 8.97. The van der Waals surface area contributed by atoms with E-state index in [1.807, 2.05) is 25.1 Å². The van der Waals surface area contributed by atoms with E-state index < -0.39 is 0 Å². The maximum Gasteiger partial charge on any atom is 0.293 e. The minimum absolute atomic E-state index is 0.00562. The molecule has 0 radical (unpaired) electrons. The first-order chi connectivity index (χ1) is 10.5. The molecule has 0 amide bonds. The van der Waals surface area contributed by atoms with Crippen LogP contribution in [0.25, 0.3) is 0 Å². The Balaban J connectivity index is 1.94. The van der Waals surface area contributed by atoms with Crippen LogP contribution in [-0.2, 0) is 4.74 Å². The highest BCUT2D eigenvalue weighted by Crippen LogP contribution is 2.35. The van der Waals surface area contributed by atoms with Crippen LogP contribution in [0.4, 0.5) is 5.69 Å². The summed E-state index contributed by atoms with van der Waals surface area (Å²) in [5, 5.41) is 8.97. The molecule has 0 N–H and O–H groups in total. The van der Waals surface area contributed by atoms with Crippen LogP contribution in [0.5, 0.6) is 0 Å². The molecule has 0 bridgehead atoms. The fourth-order valence-corrected chi connectivity index (χ4v) is 3.49. The van der Waals surface area contributed by atoms with Crippen molar-refractivity contribution >= 4 is 11.7 Å². The van der Waals surface area contributed by atoms with Crippen molar-refractivity contribution in [2.24, 2.45) is 4.99 Å². The molecule has 1 aromatic carbocycles. The van der Waals surface area contributed by atoms with E-state index in [1.54, 1.807) is 0 Å². The quantitative estimate of drug-likeness (QED) is 0.831. The summed E-state index contributed by atoms with van der Waals surface area (Å²) in [6.45, 7) is 7.11. The fraction of sp³-hybridized carbons (Fsp3) is 0.556. The third-order valence-corrected chi connectivity index (χ3v) is 4.64. The van der Waals surface area contributed by atoms with Crippen LogP contribution in [-0.4, -0.2) is 29.1 Å². The van der Waals surface area contributed by atoms with Gasteiger partial charge in [-0.2, -0.15) is 10.3 Å². The smallest absolute Gasteiger partial charge is 0.293 e. The van der Waals surface area contributed by atoms with Crippen LogP contribution in [0.2, 0.25) is 0 Å². The lowest BCUT2D eigenvalue weighted by Gasteiger charge is -2.35. The lowest BCUT2D eigenvalue weighted by atomic mass is 10.0. The topological polar surface area (TPSA) is 48.6 Å². The molecular formula is C18H23N3O. The van der Waals surface area contributed by atoms with Gasteiger partial charge in [-0.1, -0.05) is 12.8 Å². The second-order valence-electron chi connectivity index (χ2n) is 6.92. The summed E-state index contributed by atoms with van der Waals surface area (Å²) in [7, 11) is 0. The number of aliphatic imine (C=N–C) groups is 1. The Bertz CT molecular complexity index is 636. The van der Waals surface area contributed by atoms with E-state index in [2.05, 4.69) is 24.8 Å². The average Bonchev–Trinajstić information content (AvgIpc) is 3.08. The van der Waals surface area contributed by atoms with E-state index in [0.29, 0.717) is 18.2 Å². The van der Waals surface area contributed by atoms with Gasteiger partial charge in [0.25, 0.3) is 6.02 Å². The Morgan fingerprint density at radius 3 is 2.68 bits per heavy atom. The normalized spacial score (nSPS) is 22.8.